The van der Waals surface area contributed by atoms with Crippen molar-refractivity contribution < 1.29 is 9.53 Å². The van der Waals surface area contributed by atoms with Crippen molar-refractivity contribution >= 4 is 22.8 Å². The second-order valence-corrected chi connectivity index (χ2v) is 6.50. The Hall–Kier alpha value is -3.36. The quantitative estimate of drug-likeness (QED) is 0.717. The summed E-state index contributed by atoms with van der Waals surface area (Å²) in [6.07, 6.45) is 1.51. The molecule has 0 aliphatic carbocycles. The number of fused-ring (bicyclic) bond motifs is 1. The highest BCUT2D eigenvalue weighted by Gasteiger charge is 2.17. The molecule has 0 saturated heterocycles. The summed E-state index contributed by atoms with van der Waals surface area (Å²) in [5.41, 5.74) is -0.0569. The van der Waals surface area contributed by atoms with Crippen molar-refractivity contribution in [3.63, 3.8) is 0 Å². The summed E-state index contributed by atoms with van der Waals surface area (Å²) >= 11 is 0. The first-order chi connectivity index (χ1) is 12.8. The molecule has 0 unspecified atom stereocenters. The van der Waals surface area contributed by atoms with Gasteiger partial charge in [-0.15, -0.1) is 0 Å². The summed E-state index contributed by atoms with van der Waals surface area (Å²) in [6.45, 7) is 3.46. The Morgan fingerprint density at radius 1 is 1.19 bits per heavy atom. The van der Waals surface area contributed by atoms with Crippen molar-refractivity contribution in [2.45, 2.75) is 26.5 Å². The minimum absolute atomic E-state index is 0.0513. The van der Waals surface area contributed by atoms with Gasteiger partial charge in [-0.2, -0.15) is 0 Å². The fourth-order valence-electron chi connectivity index (χ4n) is 2.77. The number of benzene rings is 1. The van der Waals surface area contributed by atoms with Crippen LogP contribution in [0.5, 0.6) is 5.75 Å². The van der Waals surface area contributed by atoms with Gasteiger partial charge in [0.2, 0.25) is 5.91 Å². The smallest absolute Gasteiger partial charge is 0.332 e. The molecule has 1 aromatic carbocycles. The maximum Gasteiger partial charge on any atom is 0.332 e. The first-order valence-corrected chi connectivity index (χ1v) is 8.45. The molecule has 2 heterocycles. The van der Waals surface area contributed by atoms with Crippen LogP contribution in [0.25, 0.3) is 11.2 Å². The molecule has 3 aromatic rings. The van der Waals surface area contributed by atoms with Crippen molar-refractivity contribution in [2.24, 2.45) is 14.1 Å². The highest BCUT2D eigenvalue weighted by atomic mass is 16.5. The lowest BCUT2D eigenvalue weighted by atomic mass is 10.3. The maximum absolute atomic E-state index is 12.6. The van der Waals surface area contributed by atoms with Crippen molar-refractivity contribution in [1.29, 1.82) is 0 Å². The van der Waals surface area contributed by atoms with E-state index < -0.39 is 23.7 Å². The molecular formula is C18H21N5O4. The van der Waals surface area contributed by atoms with Gasteiger partial charge in [-0.3, -0.25) is 14.2 Å². The first kappa shape index (κ1) is 18.4. The highest BCUT2D eigenvalue weighted by molar-refractivity contribution is 5.90. The van der Waals surface area contributed by atoms with Crippen molar-refractivity contribution in [2.75, 3.05) is 5.32 Å². The van der Waals surface area contributed by atoms with Crippen molar-refractivity contribution in [3.05, 3.63) is 51.4 Å². The minimum atomic E-state index is -0.595. The molecule has 9 heteroatoms. The largest absolute Gasteiger partial charge is 0.491 e. The molecule has 0 aliphatic rings. The summed E-state index contributed by atoms with van der Waals surface area (Å²) in [4.78, 5) is 41.4. The van der Waals surface area contributed by atoms with Gasteiger partial charge in [-0.25, -0.2) is 14.3 Å². The first-order valence-electron chi connectivity index (χ1n) is 8.45. The van der Waals surface area contributed by atoms with Crippen LogP contribution in [0.4, 0.5) is 5.69 Å². The zero-order valence-electron chi connectivity index (χ0n) is 15.6. The SMILES string of the molecule is CC(C)Oc1ccc(NC(=O)Cn2c(=O)c3c(ncn3C)n(C)c2=O)cc1. The lowest BCUT2D eigenvalue weighted by molar-refractivity contribution is -0.116. The summed E-state index contributed by atoms with van der Waals surface area (Å²) in [5, 5.41) is 2.68. The van der Waals surface area contributed by atoms with Crippen molar-refractivity contribution in [3.8, 4) is 5.75 Å². The molecule has 1 N–H and O–H groups in total. The van der Waals surface area contributed by atoms with Crippen LogP contribution < -0.4 is 21.3 Å². The van der Waals surface area contributed by atoms with E-state index in [-0.39, 0.29) is 17.3 Å². The van der Waals surface area contributed by atoms with E-state index in [0.29, 0.717) is 11.4 Å². The number of amides is 1. The van der Waals surface area contributed by atoms with Crippen molar-refractivity contribution in [1.82, 2.24) is 18.7 Å². The number of carbonyl (C=O) groups is 1. The number of rotatable bonds is 5. The fourth-order valence-corrected chi connectivity index (χ4v) is 2.77. The van der Waals surface area contributed by atoms with E-state index >= 15 is 0 Å². The van der Waals surface area contributed by atoms with Gasteiger partial charge >= 0.3 is 5.69 Å². The average Bonchev–Trinajstić information content (AvgIpc) is 3.00. The van der Waals surface area contributed by atoms with Gasteiger partial charge in [0.15, 0.2) is 11.2 Å². The number of anilines is 1. The highest BCUT2D eigenvalue weighted by Crippen LogP contribution is 2.16. The molecule has 0 saturated carbocycles. The topological polar surface area (TPSA) is 100 Å². The van der Waals surface area contributed by atoms with Crippen LogP contribution in [0.3, 0.4) is 0 Å². The van der Waals surface area contributed by atoms with Crippen LogP contribution in [0.1, 0.15) is 13.8 Å². The van der Waals surface area contributed by atoms with Gasteiger partial charge < -0.3 is 14.6 Å². The van der Waals surface area contributed by atoms with Gasteiger partial charge in [0.1, 0.15) is 12.3 Å². The molecule has 9 nitrogen and oxygen atoms in total. The number of nitrogens with zero attached hydrogens (tertiary/aromatic N) is 4. The number of aromatic nitrogens is 4. The fraction of sp³-hybridized carbons (Fsp3) is 0.333. The Balaban J connectivity index is 1.83. The predicted molar refractivity (Wildman–Crippen MR) is 101 cm³/mol. The van der Waals surface area contributed by atoms with Gasteiger partial charge in [-0.1, -0.05) is 0 Å². The lowest BCUT2D eigenvalue weighted by Gasteiger charge is -2.11. The Labute approximate surface area is 154 Å². The van der Waals surface area contributed by atoms with E-state index in [0.717, 1.165) is 4.57 Å². The van der Waals surface area contributed by atoms with Gasteiger partial charge in [0.05, 0.1) is 12.4 Å². The third-order valence-electron chi connectivity index (χ3n) is 4.01. The summed E-state index contributed by atoms with van der Waals surface area (Å²) in [6, 6.07) is 6.87. The van der Waals surface area contributed by atoms with E-state index in [1.165, 1.54) is 22.5 Å². The number of ether oxygens (including phenoxy) is 1. The van der Waals surface area contributed by atoms with Gasteiger partial charge in [-0.05, 0) is 38.1 Å². The Morgan fingerprint density at radius 2 is 1.85 bits per heavy atom. The number of imidazole rings is 1. The zero-order valence-corrected chi connectivity index (χ0v) is 15.6. The molecule has 0 radical (unpaired) electrons. The van der Waals surface area contributed by atoms with E-state index in [1.54, 1.807) is 31.3 Å². The molecule has 27 heavy (non-hydrogen) atoms. The van der Waals surface area contributed by atoms with E-state index in [9.17, 15) is 14.4 Å². The van der Waals surface area contributed by atoms with Crippen LogP contribution in [-0.2, 0) is 25.4 Å². The molecule has 0 spiro atoms. The summed E-state index contributed by atoms with van der Waals surface area (Å²) < 4.78 is 9.23. The predicted octanol–water partition coefficient (Wildman–Crippen LogP) is 0.860. The molecule has 3 rings (SSSR count). The van der Waals surface area contributed by atoms with Crippen LogP contribution >= 0.6 is 0 Å². The summed E-state index contributed by atoms with van der Waals surface area (Å²) in [7, 11) is 3.17. The number of carbonyl (C=O) groups excluding carboxylic acids is 1. The number of nitrogens with one attached hydrogen (secondary N) is 1. The Kier molecular flexibility index (Phi) is 4.85. The molecule has 142 valence electrons. The average molecular weight is 371 g/mol. The molecular weight excluding hydrogens is 350 g/mol. The van der Waals surface area contributed by atoms with Crippen LogP contribution in [0, 0.1) is 0 Å². The number of hydrogen-bond acceptors (Lipinski definition) is 5. The molecule has 0 aliphatic heterocycles. The lowest BCUT2D eigenvalue weighted by Crippen LogP contribution is -2.42. The number of aryl methyl sites for hydroxylation is 2. The van der Waals surface area contributed by atoms with E-state index in [4.69, 9.17) is 4.74 Å². The molecule has 2 aromatic heterocycles. The minimum Gasteiger partial charge on any atom is -0.491 e. The van der Waals surface area contributed by atoms with Gasteiger partial charge in [0, 0.05) is 19.8 Å². The molecule has 0 bridgehead atoms. The number of hydrogen-bond donors (Lipinski definition) is 1. The van der Waals surface area contributed by atoms with Crippen LogP contribution in [-0.4, -0.2) is 30.7 Å². The Bertz CT molecular complexity index is 1110. The standard InChI is InChI=1S/C18H21N5O4/c1-11(2)27-13-7-5-12(6-8-13)20-14(24)9-23-17(25)15-16(19-10-21(15)3)22(4)18(23)26/h5-8,10-11H,9H2,1-4H3,(H,20,24). The molecule has 1 amide bonds. The van der Waals surface area contributed by atoms with Crippen LogP contribution in [0.15, 0.2) is 40.2 Å². The molecule has 0 atom stereocenters. The Morgan fingerprint density at radius 3 is 2.48 bits per heavy atom. The summed E-state index contributed by atoms with van der Waals surface area (Å²) in [5.74, 6) is 0.211. The second-order valence-electron chi connectivity index (χ2n) is 6.50. The van der Waals surface area contributed by atoms with E-state index in [2.05, 4.69) is 10.3 Å². The zero-order chi connectivity index (χ0) is 19.7. The monoisotopic (exact) mass is 371 g/mol. The third kappa shape index (κ3) is 3.62. The second kappa shape index (κ2) is 7.10. The van der Waals surface area contributed by atoms with Gasteiger partial charge in [0.25, 0.3) is 5.56 Å². The third-order valence-corrected chi connectivity index (χ3v) is 4.01. The van der Waals surface area contributed by atoms with E-state index in [1.807, 2.05) is 13.8 Å². The molecule has 0 fully saturated rings. The maximum atomic E-state index is 12.6. The normalized spacial score (nSPS) is 11.1. The van der Waals surface area contributed by atoms with Crippen LogP contribution in [0.2, 0.25) is 0 Å².